The first-order valence-electron chi connectivity index (χ1n) is 4.69. The van der Waals surface area contributed by atoms with E-state index in [1.54, 1.807) is 12.3 Å². The van der Waals surface area contributed by atoms with Gasteiger partial charge in [0.2, 0.25) is 0 Å². The number of pyridine rings is 1. The molecular formula is C11H14N2O2. The van der Waals surface area contributed by atoms with E-state index >= 15 is 0 Å². The molecule has 0 atom stereocenters. The molecule has 0 unspecified atom stereocenters. The molecule has 15 heavy (non-hydrogen) atoms. The third-order valence-electron chi connectivity index (χ3n) is 1.82. The maximum atomic E-state index is 11.2. The van der Waals surface area contributed by atoms with Crippen molar-refractivity contribution in [3.8, 4) is 0 Å². The number of esters is 1. The van der Waals surface area contributed by atoms with Gasteiger partial charge in [-0.05, 0) is 30.7 Å². The molecule has 80 valence electrons. The maximum absolute atomic E-state index is 11.2. The number of nitrogens with zero attached hydrogens (tertiary/aromatic N) is 1. The molecule has 0 spiro atoms. The molecule has 2 N–H and O–H groups in total. The number of aromatic nitrogens is 1. The Morgan fingerprint density at radius 2 is 2.47 bits per heavy atom. The average Bonchev–Trinajstić information content (AvgIpc) is 2.29. The fourth-order valence-corrected chi connectivity index (χ4v) is 1.08. The summed E-state index contributed by atoms with van der Waals surface area (Å²) >= 11 is 0. The molecule has 0 amide bonds. The van der Waals surface area contributed by atoms with Crippen LogP contribution in [0, 0.1) is 0 Å². The van der Waals surface area contributed by atoms with Gasteiger partial charge in [-0.25, -0.2) is 9.78 Å². The van der Waals surface area contributed by atoms with Gasteiger partial charge in [0.05, 0.1) is 7.11 Å². The van der Waals surface area contributed by atoms with E-state index in [0.717, 1.165) is 12.0 Å². The molecule has 1 aromatic rings. The van der Waals surface area contributed by atoms with Crippen LogP contribution in [0.5, 0.6) is 0 Å². The molecule has 0 aliphatic rings. The lowest BCUT2D eigenvalue weighted by atomic mass is 10.2. The van der Waals surface area contributed by atoms with Gasteiger partial charge in [-0.3, -0.25) is 0 Å². The second kappa shape index (κ2) is 5.93. The average molecular weight is 206 g/mol. The monoisotopic (exact) mass is 206 g/mol. The van der Waals surface area contributed by atoms with E-state index in [1.807, 2.05) is 18.2 Å². The summed E-state index contributed by atoms with van der Waals surface area (Å²) in [5.41, 5.74) is 6.58. The zero-order valence-corrected chi connectivity index (χ0v) is 8.64. The molecule has 0 aliphatic heterocycles. The highest BCUT2D eigenvalue weighted by atomic mass is 16.5. The van der Waals surface area contributed by atoms with Gasteiger partial charge in [0, 0.05) is 6.20 Å². The van der Waals surface area contributed by atoms with Crippen molar-refractivity contribution < 1.29 is 9.53 Å². The normalized spacial score (nSPS) is 10.5. The second-order valence-corrected chi connectivity index (χ2v) is 2.95. The molecular weight excluding hydrogens is 192 g/mol. The van der Waals surface area contributed by atoms with Crippen molar-refractivity contribution in [1.82, 2.24) is 4.98 Å². The van der Waals surface area contributed by atoms with Crippen LogP contribution in [0.1, 0.15) is 22.5 Å². The molecule has 0 saturated heterocycles. The van der Waals surface area contributed by atoms with Crippen LogP contribution in [0.4, 0.5) is 0 Å². The van der Waals surface area contributed by atoms with Gasteiger partial charge in [0.1, 0.15) is 5.69 Å². The van der Waals surface area contributed by atoms with E-state index in [9.17, 15) is 4.79 Å². The number of ether oxygens (including phenoxy) is 1. The van der Waals surface area contributed by atoms with Crippen LogP contribution in [0.2, 0.25) is 0 Å². The highest BCUT2D eigenvalue weighted by molar-refractivity contribution is 5.87. The van der Waals surface area contributed by atoms with E-state index in [0.29, 0.717) is 12.2 Å². The zero-order valence-electron chi connectivity index (χ0n) is 8.64. The fraction of sp³-hybridized carbons (Fsp3) is 0.273. The molecule has 0 fully saturated rings. The Kier molecular flexibility index (Phi) is 4.50. The molecule has 0 aromatic carbocycles. The van der Waals surface area contributed by atoms with Gasteiger partial charge in [-0.2, -0.15) is 0 Å². The lowest BCUT2D eigenvalue weighted by Gasteiger charge is -1.98. The predicted molar refractivity (Wildman–Crippen MR) is 58.3 cm³/mol. The minimum atomic E-state index is -0.427. The standard InChI is InChI=1S/C11H14N2O2/c1-15-11(14)10-8-9(5-7-13-10)4-2-3-6-12/h2,4-5,7-8H,3,6,12H2,1H3. The molecule has 1 rings (SSSR count). The van der Waals surface area contributed by atoms with E-state index in [4.69, 9.17) is 5.73 Å². The highest BCUT2D eigenvalue weighted by Gasteiger charge is 2.05. The Bertz CT molecular complexity index is 361. The lowest BCUT2D eigenvalue weighted by molar-refractivity contribution is 0.0594. The van der Waals surface area contributed by atoms with Crippen molar-refractivity contribution in [3.63, 3.8) is 0 Å². The topological polar surface area (TPSA) is 65.2 Å². The second-order valence-electron chi connectivity index (χ2n) is 2.95. The third-order valence-corrected chi connectivity index (χ3v) is 1.82. The van der Waals surface area contributed by atoms with E-state index in [2.05, 4.69) is 9.72 Å². The van der Waals surface area contributed by atoms with Crippen LogP contribution in [0.15, 0.2) is 24.4 Å². The molecule has 1 heterocycles. The lowest BCUT2D eigenvalue weighted by Crippen LogP contribution is -2.03. The quantitative estimate of drug-likeness (QED) is 0.752. The van der Waals surface area contributed by atoms with Crippen molar-refractivity contribution in [2.45, 2.75) is 6.42 Å². The van der Waals surface area contributed by atoms with Gasteiger partial charge < -0.3 is 10.5 Å². The Morgan fingerprint density at radius 1 is 1.67 bits per heavy atom. The summed E-state index contributed by atoms with van der Waals surface area (Å²) in [6, 6.07) is 3.50. The van der Waals surface area contributed by atoms with Crippen molar-refractivity contribution in [1.29, 1.82) is 0 Å². The third kappa shape index (κ3) is 3.52. The molecule has 4 nitrogen and oxygen atoms in total. The zero-order chi connectivity index (χ0) is 11.1. The summed E-state index contributed by atoms with van der Waals surface area (Å²) in [6.07, 6.45) is 6.25. The van der Waals surface area contributed by atoms with Crippen molar-refractivity contribution in [3.05, 3.63) is 35.7 Å². The summed E-state index contributed by atoms with van der Waals surface area (Å²) in [5, 5.41) is 0. The van der Waals surface area contributed by atoms with E-state index in [1.165, 1.54) is 7.11 Å². The summed E-state index contributed by atoms with van der Waals surface area (Å²) in [6.45, 7) is 0.617. The first-order valence-corrected chi connectivity index (χ1v) is 4.69. The number of methoxy groups -OCH3 is 1. The predicted octanol–water partition coefficient (Wildman–Crippen LogP) is 1.23. The van der Waals surface area contributed by atoms with Crippen molar-refractivity contribution in [2.75, 3.05) is 13.7 Å². The Morgan fingerprint density at radius 3 is 3.13 bits per heavy atom. The number of nitrogens with two attached hydrogens (primary N) is 1. The summed E-state index contributed by atoms with van der Waals surface area (Å²) in [4.78, 5) is 15.1. The van der Waals surface area contributed by atoms with Gasteiger partial charge in [-0.15, -0.1) is 0 Å². The van der Waals surface area contributed by atoms with Crippen LogP contribution in [0.25, 0.3) is 6.08 Å². The van der Waals surface area contributed by atoms with Crippen molar-refractivity contribution in [2.24, 2.45) is 5.73 Å². The Balaban J connectivity index is 2.78. The van der Waals surface area contributed by atoms with Crippen LogP contribution >= 0.6 is 0 Å². The number of carbonyl (C=O) groups is 1. The van der Waals surface area contributed by atoms with Gasteiger partial charge in [0.15, 0.2) is 0 Å². The van der Waals surface area contributed by atoms with E-state index in [-0.39, 0.29) is 0 Å². The molecule has 0 radical (unpaired) electrons. The largest absolute Gasteiger partial charge is 0.464 e. The highest BCUT2D eigenvalue weighted by Crippen LogP contribution is 2.05. The number of hydrogen-bond donors (Lipinski definition) is 1. The maximum Gasteiger partial charge on any atom is 0.356 e. The minimum Gasteiger partial charge on any atom is -0.464 e. The molecule has 4 heteroatoms. The number of hydrogen-bond acceptors (Lipinski definition) is 4. The Hall–Kier alpha value is -1.68. The number of rotatable bonds is 4. The van der Waals surface area contributed by atoms with Crippen LogP contribution in [-0.2, 0) is 4.74 Å². The fourth-order valence-electron chi connectivity index (χ4n) is 1.08. The molecule has 0 saturated carbocycles. The van der Waals surface area contributed by atoms with Crippen molar-refractivity contribution >= 4 is 12.0 Å². The van der Waals surface area contributed by atoms with Gasteiger partial charge >= 0.3 is 5.97 Å². The first-order chi connectivity index (χ1) is 7.27. The summed E-state index contributed by atoms with van der Waals surface area (Å²) < 4.78 is 4.57. The van der Waals surface area contributed by atoms with Crippen LogP contribution < -0.4 is 5.73 Å². The van der Waals surface area contributed by atoms with E-state index < -0.39 is 5.97 Å². The number of carbonyl (C=O) groups excluding carboxylic acids is 1. The van der Waals surface area contributed by atoms with Gasteiger partial charge in [-0.1, -0.05) is 12.2 Å². The smallest absolute Gasteiger partial charge is 0.356 e. The molecule has 0 bridgehead atoms. The van der Waals surface area contributed by atoms with Crippen LogP contribution in [0.3, 0.4) is 0 Å². The van der Waals surface area contributed by atoms with Gasteiger partial charge in [0.25, 0.3) is 0 Å². The molecule has 0 aliphatic carbocycles. The first kappa shape index (κ1) is 11.4. The summed E-state index contributed by atoms with van der Waals surface area (Å²) in [7, 11) is 1.33. The van der Waals surface area contributed by atoms with Crippen LogP contribution in [-0.4, -0.2) is 24.6 Å². The summed E-state index contributed by atoms with van der Waals surface area (Å²) in [5.74, 6) is -0.427. The molecule has 1 aromatic heterocycles. The SMILES string of the molecule is COC(=O)c1cc(C=CCCN)ccn1. The Labute approximate surface area is 88.8 Å². The minimum absolute atomic E-state index is 0.312.